The monoisotopic (exact) mass is 398 g/mol. The van der Waals surface area contributed by atoms with Gasteiger partial charge in [-0.2, -0.15) is 0 Å². The number of benzene rings is 1. The first-order valence-electron chi connectivity index (χ1n) is 10.1. The molecule has 2 N–H and O–H groups in total. The van der Waals surface area contributed by atoms with Gasteiger partial charge in [-0.15, -0.1) is 0 Å². The molecule has 2 aromatic rings. The van der Waals surface area contributed by atoms with Gasteiger partial charge in [0.15, 0.2) is 0 Å². The molecule has 2 heterocycles. The Kier molecular flexibility index (Phi) is 6.18. The van der Waals surface area contributed by atoms with Gasteiger partial charge in [0, 0.05) is 12.5 Å². The van der Waals surface area contributed by atoms with Gasteiger partial charge >= 0.3 is 5.63 Å². The maximum atomic E-state index is 12.3. The standard InChI is InChI=1S/C24H30O5/c1-15(2)7-5-8-16(3)9-6-12-24(4)21(26)14-19-22(29-24)18-11-10-17(25)13-20(18)28-23(19)27/h7,9-11,13,21,25-26H,5-6,8,12,14H2,1-4H3/b16-9+/t21-,24+/m1/s1. The largest absolute Gasteiger partial charge is 0.508 e. The lowest BCUT2D eigenvalue weighted by Crippen LogP contribution is -2.50. The Labute approximate surface area is 171 Å². The molecule has 0 unspecified atom stereocenters. The molecule has 2 atom stereocenters. The predicted octanol–water partition coefficient (Wildman–Crippen LogP) is 5.03. The molecule has 0 spiro atoms. The SMILES string of the molecule is CC(C)=CCC/C(C)=C/CC[C@]1(C)Oc2c(c(=O)oc3cc(O)ccc23)C[C@H]1O. The van der Waals surface area contributed by atoms with Crippen molar-refractivity contribution in [3.63, 3.8) is 0 Å². The quantitative estimate of drug-likeness (QED) is 0.527. The van der Waals surface area contributed by atoms with E-state index in [1.54, 1.807) is 6.07 Å². The Hall–Kier alpha value is -2.53. The van der Waals surface area contributed by atoms with Crippen molar-refractivity contribution in [2.24, 2.45) is 0 Å². The molecule has 29 heavy (non-hydrogen) atoms. The second-order valence-corrected chi connectivity index (χ2v) is 8.42. The molecule has 156 valence electrons. The van der Waals surface area contributed by atoms with E-state index in [1.807, 2.05) is 6.92 Å². The summed E-state index contributed by atoms with van der Waals surface area (Å²) in [5.74, 6) is 0.473. The van der Waals surface area contributed by atoms with E-state index in [1.165, 1.54) is 23.3 Å². The van der Waals surface area contributed by atoms with Gasteiger partial charge in [-0.05, 0) is 65.5 Å². The van der Waals surface area contributed by atoms with Crippen LogP contribution < -0.4 is 10.4 Å². The Balaban J connectivity index is 1.80. The molecule has 0 saturated heterocycles. The molecular weight excluding hydrogens is 368 g/mol. The minimum atomic E-state index is -0.803. The number of hydrogen-bond acceptors (Lipinski definition) is 5. The number of aliphatic hydroxyl groups excluding tert-OH is 1. The molecule has 5 nitrogen and oxygen atoms in total. The first-order valence-corrected chi connectivity index (χ1v) is 10.1. The van der Waals surface area contributed by atoms with E-state index in [0.29, 0.717) is 23.1 Å². The highest BCUT2D eigenvalue weighted by molar-refractivity contribution is 5.85. The summed E-state index contributed by atoms with van der Waals surface area (Å²) < 4.78 is 11.5. The topological polar surface area (TPSA) is 79.9 Å². The lowest BCUT2D eigenvalue weighted by Gasteiger charge is -2.39. The summed E-state index contributed by atoms with van der Waals surface area (Å²) in [6.07, 6.45) is 7.29. The van der Waals surface area contributed by atoms with Gasteiger partial charge in [0.1, 0.15) is 22.7 Å². The molecule has 0 bridgehead atoms. The lowest BCUT2D eigenvalue weighted by molar-refractivity contribution is -0.0586. The number of hydrogen-bond donors (Lipinski definition) is 2. The summed E-state index contributed by atoms with van der Waals surface area (Å²) in [5.41, 5.74) is 1.94. The third kappa shape index (κ3) is 4.73. The summed E-state index contributed by atoms with van der Waals surface area (Å²) in [5, 5.41) is 21.0. The fraction of sp³-hybridized carbons (Fsp3) is 0.458. The van der Waals surface area contributed by atoms with Crippen molar-refractivity contribution in [2.45, 2.75) is 71.5 Å². The molecule has 0 fully saturated rings. The summed E-state index contributed by atoms with van der Waals surface area (Å²) in [7, 11) is 0. The van der Waals surface area contributed by atoms with E-state index in [-0.39, 0.29) is 17.8 Å². The van der Waals surface area contributed by atoms with Crippen LogP contribution in [0.1, 0.15) is 58.9 Å². The number of ether oxygens (including phenoxy) is 1. The molecule has 0 radical (unpaired) electrons. The zero-order chi connectivity index (χ0) is 21.2. The number of phenolic OH excluding ortho intramolecular Hbond substituents is 1. The van der Waals surface area contributed by atoms with E-state index >= 15 is 0 Å². The average Bonchev–Trinajstić information content (AvgIpc) is 2.63. The number of phenols is 1. The summed E-state index contributed by atoms with van der Waals surface area (Å²) in [6.45, 7) is 8.21. The maximum absolute atomic E-state index is 12.3. The van der Waals surface area contributed by atoms with Crippen molar-refractivity contribution >= 4 is 11.0 Å². The minimum absolute atomic E-state index is 0.0212. The summed E-state index contributed by atoms with van der Waals surface area (Å²) in [6, 6.07) is 4.62. The maximum Gasteiger partial charge on any atom is 0.343 e. The van der Waals surface area contributed by atoms with Crippen LogP contribution in [-0.4, -0.2) is 21.9 Å². The van der Waals surface area contributed by atoms with Crippen LogP contribution in [-0.2, 0) is 6.42 Å². The molecule has 1 aliphatic rings. The van der Waals surface area contributed by atoms with Crippen molar-refractivity contribution < 1.29 is 19.4 Å². The molecule has 1 aromatic heterocycles. The first kappa shape index (κ1) is 21.2. The molecule has 1 aliphatic heterocycles. The van der Waals surface area contributed by atoms with E-state index in [4.69, 9.17) is 9.15 Å². The second-order valence-electron chi connectivity index (χ2n) is 8.42. The number of aromatic hydroxyl groups is 1. The number of aliphatic hydroxyl groups is 1. The first-order chi connectivity index (χ1) is 13.7. The van der Waals surface area contributed by atoms with E-state index in [9.17, 15) is 15.0 Å². The average molecular weight is 398 g/mol. The minimum Gasteiger partial charge on any atom is -0.508 e. The van der Waals surface area contributed by atoms with Crippen LogP contribution >= 0.6 is 0 Å². The van der Waals surface area contributed by atoms with Gasteiger partial charge in [-0.25, -0.2) is 4.79 Å². The second kappa shape index (κ2) is 8.46. The molecule has 0 amide bonds. The van der Waals surface area contributed by atoms with Crippen molar-refractivity contribution in [3.8, 4) is 11.5 Å². The van der Waals surface area contributed by atoms with Crippen LogP contribution in [0.25, 0.3) is 11.0 Å². The van der Waals surface area contributed by atoms with Gasteiger partial charge in [-0.1, -0.05) is 23.3 Å². The number of fused-ring (bicyclic) bond motifs is 3. The van der Waals surface area contributed by atoms with Crippen LogP contribution in [0.2, 0.25) is 0 Å². The lowest BCUT2D eigenvalue weighted by atomic mass is 9.85. The molecule has 3 rings (SSSR count). The van der Waals surface area contributed by atoms with E-state index in [2.05, 4.69) is 32.9 Å². The van der Waals surface area contributed by atoms with Crippen LogP contribution in [0.4, 0.5) is 0 Å². The Bertz CT molecular complexity index is 1010. The highest BCUT2D eigenvalue weighted by Gasteiger charge is 2.41. The van der Waals surface area contributed by atoms with Crippen molar-refractivity contribution in [2.75, 3.05) is 0 Å². The smallest absolute Gasteiger partial charge is 0.343 e. The normalized spacial score (nSPS) is 21.6. The van der Waals surface area contributed by atoms with Crippen LogP contribution in [0.15, 0.2) is 50.7 Å². The van der Waals surface area contributed by atoms with Gasteiger partial charge in [0.2, 0.25) is 0 Å². The highest BCUT2D eigenvalue weighted by atomic mass is 16.5. The third-order valence-electron chi connectivity index (χ3n) is 5.60. The fourth-order valence-electron chi connectivity index (χ4n) is 3.72. The van der Waals surface area contributed by atoms with Crippen molar-refractivity contribution in [3.05, 3.63) is 57.5 Å². The van der Waals surface area contributed by atoms with Gasteiger partial charge < -0.3 is 19.4 Å². The Morgan fingerprint density at radius 1 is 1.24 bits per heavy atom. The Morgan fingerprint density at radius 2 is 2.00 bits per heavy atom. The highest BCUT2D eigenvalue weighted by Crippen LogP contribution is 2.40. The number of rotatable bonds is 6. The van der Waals surface area contributed by atoms with Gasteiger partial charge in [0.25, 0.3) is 0 Å². The van der Waals surface area contributed by atoms with Gasteiger partial charge in [0.05, 0.1) is 17.1 Å². The fourth-order valence-corrected chi connectivity index (χ4v) is 3.72. The zero-order valence-corrected chi connectivity index (χ0v) is 17.6. The molecule has 0 aliphatic carbocycles. The summed E-state index contributed by atoms with van der Waals surface area (Å²) in [4.78, 5) is 12.3. The van der Waals surface area contributed by atoms with Crippen LogP contribution in [0.3, 0.4) is 0 Å². The molecule has 0 saturated carbocycles. The molecule has 1 aromatic carbocycles. The number of allylic oxidation sites excluding steroid dienone is 4. The third-order valence-corrected chi connectivity index (χ3v) is 5.60. The van der Waals surface area contributed by atoms with Crippen LogP contribution in [0, 0.1) is 0 Å². The summed E-state index contributed by atoms with van der Waals surface area (Å²) >= 11 is 0. The zero-order valence-electron chi connectivity index (χ0n) is 17.6. The van der Waals surface area contributed by atoms with Crippen molar-refractivity contribution in [1.29, 1.82) is 0 Å². The van der Waals surface area contributed by atoms with Crippen molar-refractivity contribution in [1.82, 2.24) is 0 Å². The molecule has 5 heteroatoms. The van der Waals surface area contributed by atoms with Crippen LogP contribution in [0.5, 0.6) is 11.5 Å². The van der Waals surface area contributed by atoms with E-state index < -0.39 is 17.3 Å². The van der Waals surface area contributed by atoms with Gasteiger partial charge in [-0.3, -0.25) is 0 Å². The Morgan fingerprint density at radius 3 is 2.72 bits per heavy atom. The van der Waals surface area contributed by atoms with E-state index in [0.717, 1.165) is 19.3 Å². The predicted molar refractivity (Wildman–Crippen MR) is 115 cm³/mol. The molecular formula is C24H30O5.